The van der Waals surface area contributed by atoms with Crippen molar-refractivity contribution in [3.8, 4) is 0 Å². The number of carbonyl (C=O) groups is 3. The lowest BCUT2D eigenvalue weighted by Gasteiger charge is -2.60. The van der Waals surface area contributed by atoms with Gasteiger partial charge in [-0.2, -0.15) is 0 Å². The van der Waals surface area contributed by atoms with Crippen molar-refractivity contribution in [2.24, 2.45) is 39.9 Å². The fourth-order valence-electron chi connectivity index (χ4n) is 8.58. The fourth-order valence-corrected chi connectivity index (χ4v) is 8.58. The zero-order chi connectivity index (χ0) is 24.2. The maximum atomic E-state index is 13.6. The molecule has 0 spiro atoms. The number of fused-ring (bicyclic) bond motifs is 7. The quantitative estimate of drug-likeness (QED) is 0.628. The molecule has 0 radical (unpaired) electrons. The zero-order valence-electron chi connectivity index (χ0n) is 20.0. The average molecular weight is 462 g/mol. The van der Waals surface area contributed by atoms with Gasteiger partial charge in [0.2, 0.25) is 0 Å². The van der Waals surface area contributed by atoms with E-state index in [0.29, 0.717) is 32.0 Å². The summed E-state index contributed by atoms with van der Waals surface area (Å²) in [4.78, 5) is 36.9. The highest BCUT2D eigenvalue weighted by atomic mass is 19.1. The summed E-state index contributed by atoms with van der Waals surface area (Å²) in [6.07, 6.45) is 8.23. The van der Waals surface area contributed by atoms with E-state index in [2.05, 4.69) is 19.2 Å². The first kappa shape index (κ1) is 24.3. The molecular weight excluding hydrogens is 425 g/mol. The van der Waals surface area contributed by atoms with Crippen molar-refractivity contribution in [1.29, 1.82) is 0 Å². The second kappa shape index (κ2) is 8.42. The predicted octanol–water partition coefficient (Wildman–Crippen LogP) is 2.80. The van der Waals surface area contributed by atoms with Crippen LogP contribution in [0.5, 0.6) is 0 Å². The summed E-state index contributed by atoms with van der Waals surface area (Å²) in [5.41, 5.74) is -0.105. The van der Waals surface area contributed by atoms with Crippen molar-refractivity contribution in [3.63, 3.8) is 0 Å². The number of rotatable bonds is 3. The third-order valence-corrected chi connectivity index (χ3v) is 9.84. The van der Waals surface area contributed by atoms with Crippen LogP contribution in [0.2, 0.25) is 0 Å². The van der Waals surface area contributed by atoms with Crippen LogP contribution in [0.25, 0.3) is 0 Å². The molecule has 1 heterocycles. The van der Waals surface area contributed by atoms with Crippen LogP contribution in [0.1, 0.15) is 46.5 Å². The predicted molar refractivity (Wildman–Crippen MR) is 121 cm³/mol. The van der Waals surface area contributed by atoms with E-state index >= 15 is 0 Å². The summed E-state index contributed by atoms with van der Waals surface area (Å²) in [6, 6.07) is 0. The van der Waals surface area contributed by atoms with E-state index in [0.717, 1.165) is 31.4 Å². The lowest BCUT2D eigenvalue weighted by molar-refractivity contribution is -0.163. The molecule has 0 aromatic heterocycles. The SMILES string of the molecule is CC(=O)OCC(=O)[C@@]12CNC[C@@H]1CC1[C@@H]3CCC4=CC(=O)C=C[C@]4(C)C3[C@@H](O)C[C@@]12C.CF. The number of carbonyl (C=O) groups excluding carboxylic acids is 3. The second-order valence-corrected chi connectivity index (χ2v) is 11.0. The molecule has 7 heteroatoms. The van der Waals surface area contributed by atoms with Crippen LogP contribution in [0, 0.1) is 39.9 Å². The van der Waals surface area contributed by atoms with E-state index in [1.807, 2.05) is 6.08 Å². The molecule has 1 aliphatic heterocycles. The minimum Gasteiger partial charge on any atom is -0.458 e. The maximum absolute atomic E-state index is 13.6. The summed E-state index contributed by atoms with van der Waals surface area (Å²) >= 11 is 0. The van der Waals surface area contributed by atoms with Crippen molar-refractivity contribution < 1.29 is 28.6 Å². The normalized spacial score (nSPS) is 45.0. The summed E-state index contributed by atoms with van der Waals surface area (Å²) < 4.78 is 14.6. The number of aliphatic hydroxyl groups excluding tert-OH is 1. The van der Waals surface area contributed by atoms with Gasteiger partial charge in [0.1, 0.15) is 0 Å². The Morgan fingerprint density at radius 3 is 2.73 bits per heavy atom. The van der Waals surface area contributed by atoms with Crippen molar-refractivity contribution in [2.75, 3.05) is 26.9 Å². The molecule has 5 aliphatic rings. The van der Waals surface area contributed by atoms with Crippen molar-refractivity contribution >= 4 is 17.5 Å². The Bertz CT molecular complexity index is 914. The van der Waals surface area contributed by atoms with Crippen LogP contribution in [0.15, 0.2) is 23.8 Å². The van der Waals surface area contributed by atoms with E-state index in [4.69, 9.17) is 4.74 Å². The number of esters is 1. The first-order valence-electron chi connectivity index (χ1n) is 12.0. The molecule has 1 saturated heterocycles. The van der Waals surface area contributed by atoms with Gasteiger partial charge in [-0.05, 0) is 67.5 Å². The monoisotopic (exact) mass is 461 g/mol. The lowest BCUT2D eigenvalue weighted by Crippen LogP contribution is -2.60. The Labute approximate surface area is 195 Å². The topological polar surface area (TPSA) is 92.7 Å². The standard InChI is InChI=1S/C25H33NO5.CH3F/c1-14(27)31-12-21(30)25-13-26-11-16(25)9-19-18-5-4-15-8-17(28)6-7-23(15,2)22(18)20(29)10-24(19,25)3;1-2/h6-8,16,18-20,22,26,29H,4-5,9-13H2,1-3H3;1H3/t16-,18-,19?,20-,22?,23-,24-,25+;/m0./s1. The van der Waals surface area contributed by atoms with Gasteiger partial charge in [0.05, 0.1) is 18.7 Å². The third kappa shape index (κ3) is 3.29. The van der Waals surface area contributed by atoms with Gasteiger partial charge in [-0.15, -0.1) is 0 Å². The molecule has 2 N–H and O–H groups in total. The van der Waals surface area contributed by atoms with E-state index in [1.54, 1.807) is 12.2 Å². The number of aliphatic hydroxyl groups is 1. The molecule has 6 nitrogen and oxygen atoms in total. The molecular formula is C26H36FNO5. The van der Waals surface area contributed by atoms with Gasteiger partial charge in [0.15, 0.2) is 18.2 Å². The molecule has 3 saturated carbocycles. The van der Waals surface area contributed by atoms with Gasteiger partial charge in [0.25, 0.3) is 0 Å². The Hall–Kier alpha value is -1.86. The van der Waals surface area contributed by atoms with Crippen molar-refractivity contribution in [3.05, 3.63) is 23.8 Å². The summed E-state index contributed by atoms with van der Waals surface area (Å²) in [5.74, 6) is 0.494. The molecule has 2 unspecified atom stereocenters. The summed E-state index contributed by atoms with van der Waals surface area (Å²) in [7, 11) is 0.500. The number of allylic oxidation sites excluding steroid dienone is 4. The van der Waals surface area contributed by atoms with Gasteiger partial charge in [-0.1, -0.05) is 25.5 Å². The Morgan fingerprint density at radius 2 is 2.03 bits per heavy atom. The number of hydrogen-bond donors (Lipinski definition) is 2. The molecule has 0 bridgehead atoms. The number of ether oxygens (including phenoxy) is 1. The Kier molecular flexibility index (Phi) is 6.19. The molecule has 8 atom stereocenters. The Balaban J connectivity index is 0.00000126. The largest absolute Gasteiger partial charge is 0.458 e. The third-order valence-electron chi connectivity index (χ3n) is 9.84. The number of alkyl halides is 1. The van der Waals surface area contributed by atoms with E-state index in [1.165, 1.54) is 6.92 Å². The number of halogens is 1. The van der Waals surface area contributed by atoms with Crippen LogP contribution >= 0.6 is 0 Å². The molecule has 33 heavy (non-hydrogen) atoms. The maximum Gasteiger partial charge on any atom is 0.303 e. The fraction of sp³-hybridized carbons (Fsp3) is 0.731. The number of nitrogens with one attached hydrogen (secondary N) is 1. The van der Waals surface area contributed by atoms with Crippen molar-refractivity contribution in [2.45, 2.75) is 52.6 Å². The van der Waals surface area contributed by atoms with Gasteiger partial charge >= 0.3 is 5.97 Å². The minimum absolute atomic E-state index is 0.000819. The zero-order valence-corrected chi connectivity index (χ0v) is 20.0. The highest BCUT2D eigenvalue weighted by molar-refractivity contribution is 6.01. The van der Waals surface area contributed by atoms with Crippen LogP contribution in [-0.2, 0) is 19.1 Å². The molecule has 0 amide bonds. The van der Waals surface area contributed by atoms with E-state index in [-0.39, 0.29) is 40.8 Å². The minimum atomic E-state index is -0.603. The number of hydrogen-bond acceptors (Lipinski definition) is 6. The van der Waals surface area contributed by atoms with Crippen LogP contribution in [0.3, 0.4) is 0 Å². The van der Waals surface area contributed by atoms with Gasteiger partial charge in [-0.3, -0.25) is 18.8 Å². The molecule has 0 aromatic carbocycles. The van der Waals surface area contributed by atoms with Crippen LogP contribution < -0.4 is 5.32 Å². The first-order chi connectivity index (χ1) is 15.6. The molecule has 5 rings (SSSR count). The van der Waals surface area contributed by atoms with Gasteiger partial charge in [-0.25, -0.2) is 0 Å². The first-order valence-corrected chi connectivity index (χ1v) is 12.0. The van der Waals surface area contributed by atoms with Crippen LogP contribution in [-0.4, -0.2) is 55.6 Å². The van der Waals surface area contributed by atoms with Gasteiger partial charge < -0.3 is 15.2 Å². The van der Waals surface area contributed by atoms with Crippen LogP contribution in [0.4, 0.5) is 4.39 Å². The van der Waals surface area contributed by atoms with Crippen molar-refractivity contribution in [1.82, 2.24) is 5.32 Å². The van der Waals surface area contributed by atoms with E-state index < -0.39 is 17.5 Å². The summed E-state index contributed by atoms with van der Waals surface area (Å²) in [6.45, 7) is 6.90. The highest BCUT2D eigenvalue weighted by Gasteiger charge is 2.72. The van der Waals surface area contributed by atoms with E-state index in [9.17, 15) is 23.9 Å². The Morgan fingerprint density at radius 1 is 1.30 bits per heavy atom. The lowest BCUT2D eigenvalue weighted by atomic mass is 9.44. The molecule has 182 valence electrons. The highest BCUT2D eigenvalue weighted by Crippen LogP contribution is 2.71. The second-order valence-electron chi connectivity index (χ2n) is 11.0. The molecule has 4 aliphatic carbocycles. The number of ketones is 2. The molecule has 4 fully saturated rings. The average Bonchev–Trinajstić information content (AvgIpc) is 3.30. The molecule has 0 aromatic rings. The smallest absolute Gasteiger partial charge is 0.303 e. The van der Waals surface area contributed by atoms with Gasteiger partial charge in [0, 0.05) is 24.8 Å². The summed E-state index contributed by atoms with van der Waals surface area (Å²) in [5, 5.41) is 15.0. The number of Topliss-reactive ketones (excluding diaryl/α,β-unsaturated/α-hetero) is 1.